The summed E-state index contributed by atoms with van der Waals surface area (Å²) < 4.78 is 0. The van der Waals surface area contributed by atoms with E-state index in [4.69, 9.17) is 0 Å². The van der Waals surface area contributed by atoms with Crippen molar-refractivity contribution in [2.75, 3.05) is 18.4 Å². The highest BCUT2D eigenvalue weighted by molar-refractivity contribution is 5.92. The molecule has 1 aromatic heterocycles. The molecule has 0 bridgehead atoms. The Morgan fingerprint density at radius 1 is 1.64 bits per heavy atom. The number of amides is 1. The first-order chi connectivity index (χ1) is 6.77. The average molecular weight is 194 g/mol. The number of nitrogens with zero attached hydrogens (tertiary/aromatic N) is 1. The van der Waals surface area contributed by atoms with Gasteiger partial charge in [0.2, 0.25) is 5.91 Å². The maximum absolute atomic E-state index is 11.7. The molecule has 1 saturated heterocycles. The van der Waals surface area contributed by atoms with Gasteiger partial charge in [-0.2, -0.15) is 5.10 Å². The molecule has 5 heteroatoms. The summed E-state index contributed by atoms with van der Waals surface area (Å²) in [6, 6.07) is 1.74. The van der Waals surface area contributed by atoms with Gasteiger partial charge >= 0.3 is 0 Å². The Balaban J connectivity index is 1.95. The number of nitrogens with one attached hydrogen (secondary N) is 3. The van der Waals surface area contributed by atoms with Gasteiger partial charge in [-0.25, -0.2) is 0 Å². The van der Waals surface area contributed by atoms with Crippen LogP contribution in [0.1, 0.15) is 6.92 Å². The van der Waals surface area contributed by atoms with Crippen LogP contribution >= 0.6 is 0 Å². The van der Waals surface area contributed by atoms with Gasteiger partial charge in [-0.15, -0.1) is 0 Å². The van der Waals surface area contributed by atoms with Gasteiger partial charge in [0, 0.05) is 12.6 Å². The SMILES string of the molecule is CC1CNCC1C(=O)Nc1ccn[nH]1. The van der Waals surface area contributed by atoms with E-state index >= 15 is 0 Å². The Labute approximate surface area is 82.3 Å². The third-order valence-corrected chi connectivity index (χ3v) is 2.61. The Bertz CT molecular complexity index is 309. The van der Waals surface area contributed by atoms with Crippen LogP contribution in [0.3, 0.4) is 0 Å². The number of aromatic nitrogens is 2. The molecule has 0 saturated carbocycles. The standard InChI is InChI=1S/C9H14N4O/c1-6-4-10-5-7(6)9(14)12-8-2-3-11-13-8/h2-3,6-7,10H,4-5H2,1H3,(H2,11,12,13,14). The van der Waals surface area contributed by atoms with Crippen molar-refractivity contribution in [3.8, 4) is 0 Å². The highest BCUT2D eigenvalue weighted by Gasteiger charge is 2.29. The zero-order valence-corrected chi connectivity index (χ0v) is 8.08. The van der Waals surface area contributed by atoms with Crippen molar-refractivity contribution in [1.82, 2.24) is 15.5 Å². The molecule has 2 heterocycles. The van der Waals surface area contributed by atoms with E-state index in [1.807, 2.05) is 0 Å². The number of rotatable bonds is 2. The number of H-pyrrole nitrogens is 1. The first kappa shape index (κ1) is 9.21. The van der Waals surface area contributed by atoms with Gasteiger partial charge < -0.3 is 10.6 Å². The van der Waals surface area contributed by atoms with Gasteiger partial charge in [-0.3, -0.25) is 9.89 Å². The Morgan fingerprint density at radius 2 is 2.50 bits per heavy atom. The molecule has 2 unspecified atom stereocenters. The minimum Gasteiger partial charge on any atom is -0.316 e. The number of hydrogen-bond acceptors (Lipinski definition) is 3. The zero-order valence-electron chi connectivity index (χ0n) is 8.08. The molecule has 2 atom stereocenters. The maximum atomic E-state index is 11.7. The van der Waals surface area contributed by atoms with Crippen molar-refractivity contribution in [3.05, 3.63) is 12.3 Å². The maximum Gasteiger partial charge on any atom is 0.230 e. The number of hydrogen-bond donors (Lipinski definition) is 3. The zero-order chi connectivity index (χ0) is 9.97. The summed E-state index contributed by atoms with van der Waals surface area (Å²) in [7, 11) is 0. The minimum absolute atomic E-state index is 0.0618. The van der Waals surface area contributed by atoms with Crippen molar-refractivity contribution in [1.29, 1.82) is 0 Å². The summed E-state index contributed by atoms with van der Waals surface area (Å²) in [6.07, 6.45) is 1.62. The molecule has 2 rings (SSSR count). The summed E-state index contributed by atoms with van der Waals surface area (Å²) in [4.78, 5) is 11.7. The number of anilines is 1. The average Bonchev–Trinajstić information content (AvgIpc) is 2.75. The minimum atomic E-state index is 0.0618. The smallest absolute Gasteiger partial charge is 0.230 e. The van der Waals surface area contributed by atoms with Crippen molar-refractivity contribution in [2.45, 2.75) is 6.92 Å². The third kappa shape index (κ3) is 1.77. The topological polar surface area (TPSA) is 69.8 Å². The molecule has 0 spiro atoms. The molecule has 1 aliphatic heterocycles. The Hall–Kier alpha value is -1.36. The van der Waals surface area contributed by atoms with E-state index in [1.54, 1.807) is 12.3 Å². The van der Waals surface area contributed by atoms with Crippen LogP contribution < -0.4 is 10.6 Å². The van der Waals surface area contributed by atoms with Crippen LogP contribution in [-0.2, 0) is 4.79 Å². The van der Waals surface area contributed by atoms with Crippen molar-refractivity contribution in [3.63, 3.8) is 0 Å². The first-order valence-electron chi connectivity index (χ1n) is 4.78. The number of carbonyl (C=O) groups excluding carboxylic acids is 1. The summed E-state index contributed by atoms with van der Waals surface area (Å²) in [5.41, 5.74) is 0. The summed E-state index contributed by atoms with van der Waals surface area (Å²) >= 11 is 0. The highest BCUT2D eigenvalue weighted by atomic mass is 16.2. The van der Waals surface area contributed by atoms with E-state index in [1.165, 1.54) is 0 Å². The Kier molecular flexibility index (Phi) is 2.49. The van der Waals surface area contributed by atoms with E-state index in [2.05, 4.69) is 27.8 Å². The van der Waals surface area contributed by atoms with Crippen LogP contribution in [0.4, 0.5) is 5.82 Å². The van der Waals surface area contributed by atoms with Gasteiger partial charge in [-0.1, -0.05) is 6.92 Å². The molecular formula is C9H14N4O. The number of aromatic amines is 1. The van der Waals surface area contributed by atoms with E-state index in [9.17, 15) is 4.79 Å². The lowest BCUT2D eigenvalue weighted by Crippen LogP contribution is -2.27. The predicted molar refractivity (Wildman–Crippen MR) is 52.7 cm³/mol. The second-order valence-corrected chi connectivity index (χ2v) is 3.70. The third-order valence-electron chi connectivity index (χ3n) is 2.61. The van der Waals surface area contributed by atoms with Crippen LogP contribution in [0.2, 0.25) is 0 Å². The second-order valence-electron chi connectivity index (χ2n) is 3.70. The van der Waals surface area contributed by atoms with E-state index in [0.29, 0.717) is 11.7 Å². The van der Waals surface area contributed by atoms with Crippen LogP contribution in [0.15, 0.2) is 12.3 Å². The fourth-order valence-corrected chi connectivity index (χ4v) is 1.71. The molecule has 1 fully saturated rings. The molecule has 14 heavy (non-hydrogen) atoms. The molecule has 0 aromatic carbocycles. The summed E-state index contributed by atoms with van der Waals surface area (Å²) in [5, 5.41) is 12.5. The van der Waals surface area contributed by atoms with E-state index in [0.717, 1.165) is 13.1 Å². The van der Waals surface area contributed by atoms with Crippen LogP contribution in [-0.4, -0.2) is 29.2 Å². The molecule has 0 radical (unpaired) electrons. The lowest BCUT2D eigenvalue weighted by atomic mass is 9.97. The molecule has 76 valence electrons. The van der Waals surface area contributed by atoms with Crippen molar-refractivity contribution < 1.29 is 4.79 Å². The van der Waals surface area contributed by atoms with Crippen LogP contribution in [0, 0.1) is 11.8 Å². The normalized spacial score (nSPS) is 26.4. The molecule has 5 nitrogen and oxygen atoms in total. The predicted octanol–water partition coefficient (Wildman–Crippen LogP) is 0.204. The fourth-order valence-electron chi connectivity index (χ4n) is 1.71. The molecular weight excluding hydrogens is 180 g/mol. The van der Waals surface area contributed by atoms with Crippen molar-refractivity contribution in [2.24, 2.45) is 11.8 Å². The second kappa shape index (κ2) is 3.79. The Morgan fingerprint density at radius 3 is 3.07 bits per heavy atom. The molecule has 1 aliphatic rings. The number of carbonyl (C=O) groups is 1. The summed E-state index contributed by atoms with van der Waals surface area (Å²) in [6.45, 7) is 3.76. The molecule has 0 aliphatic carbocycles. The first-order valence-corrected chi connectivity index (χ1v) is 4.78. The van der Waals surface area contributed by atoms with Gasteiger partial charge in [0.05, 0.1) is 12.1 Å². The van der Waals surface area contributed by atoms with E-state index < -0.39 is 0 Å². The largest absolute Gasteiger partial charge is 0.316 e. The molecule has 1 amide bonds. The monoisotopic (exact) mass is 194 g/mol. The molecule has 3 N–H and O–H groups in total. The molecule has 1 aromatic rings. The van der Waals surface area contributed by atoms with Gasteiger partial charge in [0.25, 0.3) is 0 Å². The van der Waals surface area contributed by atoms with Gasteiger partial charge in [0.15, 0.2) is 0 Å². The van der Waals surface area contributed by atoms with Crippen molar-refractivity contribution >= 4 is 11.7 Å². The van der Waals surface area contributed by atoms with Crippen LogP contribution in [0.5, 0.6) is 0 Å². The van der Waals surface area contributed by atoms with Crippen LogP contribution in [0.25, 0.3) is 0 Å². The quantitative estimate of drug-likeness (QED) is 0.630. The lowest BCUT2D eigenvalue weighted by Gasteiger charge is -2.12. The van der Waals surface area contributed by atoms with Gasteiger partial charge in [-0.05, 0) is 12.5 Å². The lowest BCUT2D eigenvalue weighted by molar-refractivity contribution is -0.120. The fraction of sp³-hybridized carbons (Fsp3) is 0.556. The van der Waals surface area contributed by atoms with Gasteiger partial charge in [0.1, 0.15) is 5.82 Å². The highest BCUT2D eigenvalue weighted by Crippen LogP contribution is 2.17. The summed E-state index contributed by atoms with van der Waals surface area (Å²) in [5.74, 6) is 1.19. The van der Waals surface area contributed by atoms with E-state index in [-0.39, 0.29) is 11.8 Å².